The van der Waals surface area contributed by atoms with E-state index in [1.165, 1.54) is 24.3 Å². The van der Waals surface area contributed by atoms with Crippen molar-refractivity contribution < 1.29 is 14.3 Å². The van der Waals surface area contributed by atoms with E-state index in [0.717, 1.165) is 6.20 Å². The van der Waals surface area contributed by atoms with Crippen molar-refractivity contribution in [2.45, 2.75) is 0 Å². The van der Waals surface area contributed by atoms with Crippen molar-refractivity contribution in [2.75, 3.05) is 0 Å². The number of nitrogens with zero attached hydrogens (tertiary/aromatic N) is 2. The molecule has 3 rings (SSSR count). The molecule has 6 nitrogen and oxygen atoms in total. The average Bonchev–Trinajstić information content (AvgIpc) is 2.83. The molecule has 0 unspecified atom stereocenters. The number of pyridine rings is 1. The van der Waals surface area contributed by atoms with E-state index in [1.54, 1.807) is 6.07 Å². The van der Waals surface area contributed by atoms with Crippen LogP contribution in [0.25, 0.3) is 22.2 Å². The standard InChI is InChI=1S/C13H8FN3O3/c14-8-3-1-2-7(6-8)11-10-9(15-16-11)4-5-17(12(10)18)13(19)20/h1-6H,(H,15,16)(H,19,20). The van der Waals surface area contributed by atoms with Gasteiger partial charge in [-0.1, -0.05) is 12.1 Å². The van der Waals surface area contributed by atoms with Crippen LogP contribution >= 0.6 is 0 Å². The lowest BCUT2D eigenvalue weighted by Crippen LogP contribution is -2.25. The number of hydrogen-bond acceptors (Lipinski definition) is 3. The average molecular weight is 273 g/mol. The Kier molecular flexibility index (Phi) is 2.60. The molecule has 100 valence electrons. The zero-order valence-corrected chi connectivity index (χ0v) is 10.0. The third-order valence-corrected chi connectivity index (χ3v) is 2.92. The Morgan fingerprint density at radius 1 is 1.35 bits per heavy atom. The molecular weight excluding hydrogens is 265 g/mol. The van der Waals surface area contributed by atoms with Crippen LogP contribution in [0.1, 0.15) is 0 Å². The summed E-state index contributed by atoms with van der Waals surface area (Å²) in [6.45, 7) is 0. The van der Waals surface area contributed by atoms with Crippen molar-refractivity contribution in [3.8, 4) is 11.3 Å². The van der Waals surface area contributed by atoms with Gasteiger partial charge in [-0.2, -0.15) is 5.10 Å². The monoisotopic (exact) mass is 273 g/mol. The molecule has 3 aromatic rings. The van der Waals surface area contributed by atoms with E-state index in [0.29, 0.717) is 15.6 Å². The van der Waals surface area contributed by atoms with Crippen molar-refractivity contribution in [3.05, 3.63) is 52.7 Å². The third kappa shape index (κ3) is 1.76. The normalized spacial score (nSPS) is 10.8. The maximum Gasteiger partial charge on any atom is 0.418 e. The van der Waals surface area contributed by atoms with Gasteiger partial charge in [-0.3, -0.25) is 9.89 Å². The van der Waals surface area contributed by atoms with Gasteiger partial charge in [0.15, 0.2) is 0 Å². The summed E-state index contributed by atoms with van der Waals surface area (Å²) in [5.41, 5.74) is 0.298. The fourth-order valence-electron chi connectivity index (χ4n) is 2.03. The Morgan fingerprint density at radius 2 is 2.15 bits per heavy atom. The number of aromatic nitrogens is 3. The molecule has 1 aromatic carbocycles. The number of halogens is 1. The second-order valence-corrected chi connectivity index (χ2v) is 4.14. The van der Waals surface area contributed by atoms with Crippen LogP contribution in [0.3, 0.4) is 0 Å². The fraction of sp³-hybridized carbons (Fsp3) is 0. The second kappa shape index (κ2) is 4.30. The summed E-state index contributed by atoms with van der Waals surface area (Å²) >= 11 is 0. The summed E-state index contributed by atoms with van der Waals surface area (Å²) in [6, 6.07) is 7.02. The number of benzene rings is 1. The minimum atomic E-state index is -1.39. The van der Waals surface area contributed by atoms with Crippen LogP contribution in [0.4, 0.5) is 9.18 Å². The van der Waals surface area contributed by atoms with Gasteiger partial charge in [-0.05, 0) is 18.2 Å². The molecule has 0 saturated heterocycles. The molecule has 0 atom stereocenters. The molecule has 0 aliphatic heterocycles. The van der Waals surface area contributed by atoms with Crippen molar-refractivity contribution in [3.63, 3.8) is 0 Å². The first-order valence-electron chi connectivity index (χ1n) is 5.67. The molecule has 0 amide bonds. The topological polar surface area (TPSA) is 88.0 Å². The Balaban J connectivity index is 2.35. The summed E-state index contributed by atoms with van der Waals surface area (Å²) in [4.78, 5) is 23.1. The van der Waals surface area contributed by atoms with E-state index in [4.69, 9.17) is 5.11 Å². The van der Waals surface area contributed by atoms with Gasteiger partial charge in [0.2, 0.25) is 0 Å². The van der Waals surface area contributed by atoms with Gasteiger partial charge in [0, 0.05) is 11.8 Å². The molecule has 20 heavy (non-hydrogen) atoms. The number of carboxylic acid groups (broad SMARTS) is 1. The zero-order chi connectivity index (χ0) is 14.3. The zero-order valence-electron chi connectivity index (χ0n) is 10.0. The van der Waals surface area contributed by atoms with E-state index in [1.807, 2.05) is 0 Å². The quantitative estimate of drug-likeness (QED) is 0.710. The van der Waals surface area contributed by atoms with E-state index in [-0.39, 0.29) is 11.1 Å². The molecule has 0 spiro atoms. The predicted molar refractivity (Wildman–Crippen MR) is 69.2 cm³/mol. The highest BCUT2D eigenvalue weighted by Crippen LogP contribution is 2.23. The van der Waals surface area contributed by atoms with Gasteiger partial charge in [-0.25, -0.2) is 13.8 Å². The number of nitrogens with one attached hydrogen (secondary N) is 1. The van der Waals surface area contributed by atoms with Gasteiger partial charge >= 0.3 is 6.09 Å². The fourth-order valence-corrected chi connectivity index (χ4v) is 2.03. The summed E-state index contributed by atoms with van der Waals surface area (Å²) in [5, 5.41) is 15.7. The van der Waals surface area contributed by atoms with Crippen LogP contribution in [-0.2, 0) is 0 Å². The third-order valence-electron chi connectivity index (χ3n) is 2.92. The SMILES string of the molecule is O=C(O)n1ccc2[nH]nc(-c3cccc(F)c3)c2c1=O. The Labute approximate surface area is 111 Å². The number of fused-ring (bicyclic) bond motifs is 1. The Hall–Kier alpha value is -2.96. The van der Waals surface area contributed by atoms with Gasteiger partial charge in [0.25, 0.3) is 5.56 Å². The molecule has 0 saturated carbocycles. The summed E-state index contributed by atoms with van der Waals surface area (Å²) in [5.74, 6) is -0.465. The smallest absolute Gasteiger partial charge is 0.418 e. The highest BCUT2D eigenvalue weighted by molar-refractivity contribution is 5.93. The minimum absolute atomic E-state index is 0.112. The molecule has 2 aromatic heterocycles. The maximum atomic E-state index is 13.3. The van der Waals surface area contributed by atoms with E-state index >= 15 is 0 Å². The number of H-pyrrole nitrogens is 1. The summed E-state index contributed by atoms with van der Waals surface area (Å²) in [7, 11) is 0. The number of rotatable bonds is 1. The molecule has 0 bridgehead atoms. The van der Waals surface area contributed by atoms with Gasteiger partial charge in [0.1, 0.15) is 11.5 Å². The van der Waals surface area contributed by atoms with E-state index < -0.39 is 17.5 Å². The molecule has 2 heterocycles. The molecule has 0 aliphatic carbocycles. The largest absolute Gasteiger partial charge is 0.464 e. The van der Waals surface area contributed by atoms with E-state index in [2.05, 4.69) is 10.2 Å². The van der Waals surface area contributed by atoms with Crippen LogP contribution < -0.4 is 5.56 Å². The summed E-state index contributed by atoms with van der Waals surface area (Å²) in [6.07, 6.45) is -0.246. The minimum Gasteiger partial charge on any atom is -0.464 e. The van der Waals surface area contributed by atoms with Crippen LogP contribution in [-0.4, -0.2) is 26.0 Å². The molecule has 0 radical (unpaired) electrons. The number of hydrogen-bond donors (Lipinski definition) is 2. The molecule has 2 N–H and O–H groups in total. The van der Waals surface area contributed by atoms with Gasteiger partial charge in [0.05, 0.1) is 10.9 Å². The van der Waals surface area contributed by atoms with Crippen LogP contribution in [0.5, 0.6) is 0 Å². The lowest BCUT2D eigenvalue weighted by atomic mass is 10.1. The first-order valence-corrected chi connectivity index (χ1v) is 5.67. The van der Waals surface area contributed by atoms with E-state index in [9.17, 15) is 14.0 Å². The predicted octanol–water partition coefficient (Wildman–Crippen LogP) is 2.06. The molecule has 0 fully saturated rings. The molecular formula is C13H8FN3O3. The van der Waals surface area contributed by atoms with Crippen molar-refractivity contribution in [1.29, 1.82) is 0 Å². The lowest BCUT2D eigenvalue weighted by molar-refractivity contribution is 0.195. The van der Waals surface area contributed by atoms with Crippen LogP contribution in [0, 0.1) is 5.82 Å². The van der Waals surface area contributed by atoms with Crippen molar-refractivity contribution >= 4 is 17.0 Å². The van der Waals surface area contributed by atoms with Crippen molar-refractivity contribution in [2.24, 2.45) is 0 Å². The summed E-state index contributed by atoms with van der Waals surface area (Å²) < 4.78 is 13.8. The number of carbonyl (C=O) groups is 1. The second-order valence-electron chi connectivity index (χ2n) is 4.14. The van der Waals surface area contributed by atoms with Gasteiger partial charge in [-0.15, -0.1) is 0 Å². The first-order chi connectivity index (χ1) is 9.58. The maximum absolute atomic E-state index is 13.3. The lowest BCUT2D eigenvalue weighted by Gasteiger charge is -2.00. The Bertz CT molecular complexity index is 882. The molecule has 7 heteroatoms. The van der Waals surface area contributed by atoms with Crippen LogP contribution in [0.2, 0.25) is 0 Å². The Morgan fingerprint density at radius 3 is 2.85 bits per heavy atom. The van der Waals surface area contributed by atoms with Crippen molar-refractivity contribution in [1.82, 2.24) is 14.8 Å². The molecule has 0 aliphatic rings. The highest BCUT2D eigenvalue weighted by Gasteiger charge is 2.15. The van der Waals surface area contributed by atoms with Crippen LogP contribution in [0.15, 0.2) is 41.3 Å². The van der Waals surface area contributed by atoms with Gasteiger partial charge < -0.3 is 5.11 Å². The highest BCUT2D eigenvalue weighted by atomic mass is 19.1. The number of aromatic amines is 1. The first kappa shape index (κ1) is 12.1.